The molecule has 8 rings (SSSR count). The molecule has 196 valence electrons. The van der Waals surface area contributed by atoms with E-state index in [1.165, 1.54) is 11.1 Å². The highest BCUT2D eigenvalue weighted by atomic mass is 15.0. The Bertz CT molecular complexity index is 1880. The number of aromatic amines is 4. The van der Waals surface area contributed by atoms with Gasteiger partial charge in [0.15, 0.2) is 0 Å². The first kappa shape index (κ1) is 23.8. The quantitative estimate of drug-likeness (QED) is 0.188. The van der Waals surface area contributed by atoms with E-state index in [2.05, 4.69) is 114 Å². The van der Waals surface area contributed by atoms with Crippen LogP contribution in [0.1, 0.15) is 22.8 Å². The van der Waals surface area contributed by atoms with Crippen LogP contribution in [0.5, 0.6) is 0 Å². The fourth-order valence-corrected chi connectivity index (χ4v) is 4.98. The highest BCUT2D eigenvalue weighted by molar-refractivity contribution is 5.93. The Hall–Kier alpha value is -5.24. The Morgan fingerprint density at radius 3 is 1.15 bits per heavy atom. The lowest BCUT2D eigenvalue weighted by Crippen LogP contribution is -1.80. The van der Waals surface area contributed by atoms with Crippen LogP contribution in [0.25, 0.3) is 66.9 Å². The fourth-order valence-electron chi connectivity index (χ4n) is 4.98. The van der Waals surface area contributed by atoms with Gasteiger partial charge in [-0.15, -0.1) is 0 Å². The predicted octanol–water partition coefficient (Wildman–Crippen LogP) is 7.45. The average molecular weight is 525 g/mol. The lowest BCUT2D eigenvalue weighted by molar-refractivity contribution is 1.17. The molecule has 0 aliphatic rings. The maximum atomic E-state index is 4.66. The second-order valence-electron chi connectivity index (χ2n) is 10.3. The van der Waals surface area contributed by atoms with Gasteiger partial charge in [-0.1, -0.05) is 59.7 Å². The van der Waals surface area contributed by atoms with Crippen LogP contribution in [0.2, 0.25) is 0 Å². The van der Waals surface area contributed by atoms with Gasteiger partial charge >= 0.3 is 0 Å². The Morgan fingerprint density at radius 2 is 0.750 bits per heavy atom. The zero-order valence-corrected chi connectivity index (χ0v) is 22.7. The van der Waals surface area contributed by atoms with Crippen molar-refractivity contribution in [2.45, 2.75) is 27.7 Å². The van der Waals surface area contributed by atoms with Gasteiger partial charge in [-0.3, -0.25) is 0 Å². The first-order valence-electron chi connectivity index (χ1n) is 13.2. The maximum Gasteiger partial charge on any atom is 0.138 e. The van der Waals surface area contributed by atoms with Gasteiger partial charge in [-0.2, -0.15) is 0 Å². The van der Waals surface area contributed by atoms with Crippen molar-refractivity contribution in [3.05, 3.63) is 95.6 Å². The molecule has 0 aliphatic carbocycles. The second kappa shape index (κ2) is 9.20. The third-order valence-electron chi connectivity index (χ3n) is 7.06. The minimum absolute atomic E-state index is 0.893. The number of nitrogens with zero attached hydrogens (tertiary/aromatic N) is 4. The number of nitrogens with one attached hydrogen (secondary N) is 4. The van der Waals surface area contributed by atoms with Crippen LogP contribution in [-0.4, -0.2) is 39.9 Å². The molecule has 0 fully saturated rings. The van der Waals surface area contributed by atoms with Gasteiger partial charge in [-0.05, 0) is 52.0 Å². The van der Waals surface area contributed by atoms with Crippen LogP contribution < -0.4 is 0 Å². The van der Waals surface area contributed by atoms with Gasteiger partial charge in [0.25, 0.3) is 0 Å². The largest absolute Gasteiger partial charge is 0.342 e. The van der Waals surface area contributed by atoms with Gasteiger partial charge in [0.2, 0.25) is 0 Å². The van der Waals surface area contributed by atoms with Crippen molar-refractivity contribution < 1.29 is 0 Å². The van der Waals surface area contributed by atoms with E-state index < -0.39 is 0 Å². The molecule has 0 atom stereocenters. The minimum atomic E-state index is 0.893. The van der Waals surface area contributed by atoms with Crippen LogP contribution in [-0.2, 0) is 0 Å². The number of imidazole rings is 4. The van der Waals surface area contributed by atoms with Crippen molar-refractivity contribution in [3.63, 3.8) is 0 Å². The van der Waals surface area contributed by atoms with Crippen LogP contribution in [0, 0.1) is 27.7 Å². The summed E-state index contributed by atoms with van der Waals surface area (Å²) in [7, 11) is 0. The van der Waals surface area contributed by atoms with Gasteiger partial charge in [0.1, 0.15) is 23.3 Å². The number of fused-ring (bicyclic) bond motifs is 4. The summed E-state index contributed by atoms with van der Waals surface area (Å²) in [5, 5.41) is 0. The van der Waals surface area contributed by atoms with Gasteiger partial charge in [0.05, 0.1) is 44.1 Å². The molecule has 4 aromatic heterocycles. The molecular formula is C32H28N8. The number of hydrogen-bond donors (Lipinski definition) is 4. The van der Waals surface area contributed by atoms with Gasteiger partial charge in [0, 0.05) is 11.1 Å². The number of rotatable bonds is 2. The van der Waals surface area contributed by atoms with E-state index in [0.717, 1.165) is 78.6 Å². The van der Waals surface area contributed by atoms with E-state index in [4.69, 9.17) is 0 Å². The summed E-state index contributed by atoms with van der Waals surface area (Å²) < 4.78 is 0. The fraction of sp³-hybridized carbons (Fsp3) is 0.125. The number of hydrogen-bond acceptors (Lipinski definition) is 4. The molecule has 0 radical (unpaired) electrons. The second-order valence-corrected chi connectivity index (χ2v) is 10.3. The van der Waals surface area contributed by atoms with Crippen LogP contribution in [0.3, 0.4) is 0 Å². The first-order valence-corrected chi connectivity index (χ1v) is 13.2. The summed E-state index contributed by atoms with van der Waals surface area (Å²) in [5.74, 6) is 3.63. The molecule has 40 heavy (non-hydrogen) atoms. The topological polar surface area (TPSA) is 115 Å². The molecule has 8 nitrogen and oxygen atoms in total. The molecule has 8 aromatic rings. The molecule has 0 saturated heterocycles. The molecule has 0 spiro atoms. The highest BCUT2D eigenvalue weighted by Crippen LogP contribution is 2.25. The summed E-state index contributed by atoms with van der Waals surface area (Å²) >= 11 is 0. The van der Waals surface area contributed by atoms with Crippen molar-refractivity contribution in [1.29, 1.82) is 0 Å². The molecule has 4 aromatic carbocycles. The molecule has 0 bridgehead atoms. The summed E-state index contributed by atoms with van der Waals surface area (Å²) in [6.07, 6.45) is 0. The number of aryl methyl sites for hydroxylation is 4. The van der Waals surface area contributed by atoms with Crippen molar-refractivity contribution in [1.82, 2.24) is 39.9 Å². The molecule has 4 N–H and O–H groups in total. The summed E-state index contributed by atoms with van der Waals surface area (Å²) in [6.45, 7) is 8.08. The SMILES string of the molecule is Cc1ccc(-c2nc3cc4nc(C)[nH]c4cc3[nH]2)cc1.Cc1ccc(-c2nc3cc4nc(C)[nH]c4cc3[nH]2)cc1. The minimum Gasteiger partial charge on any atom is -0.342 e. The Kier molecular flexibility index (Phi) is 5.48. The van der Waals surface area contributed by atoms with Gasteiger partial charge < -0.3 is 19.9 Å². The summed E-state index contributed by atoms with van der Waals surface area (Å²) in [4.78, 5) is 31.5. The van der Waals surface area contributed by atoms with E-state index in [0.29, 0.717) is 0 Å². The number of aromatic nitrogens is 8. The monoisotopic (exact) mass is 524 g/mol. The molecule has 0 amide bonds. The Morgan fingerprint density at radius 1 is 0.400 bits per heavy atom. The third kappa shape index (κ3) is 4.39. The van der Waals surface area contributed by atoms with E-state index in [-0.39, 0.29) is 0 Å². The lowest BCUT2D eigenvalue weighted by Gasteiger charge is -1.96. The average Bonchev–Trinajstić information content (AvgIpc) is 3.70. The first-order chi connectivity index (χ1) is 19.4. The number of benzene rings is 4. The third-order valence-corrected chi connectivity index (χ3v) is 7.06. The molecule has 0 unspecified atom stereocenters. The maximum absolute atomic E-state index is 4.66. The van der Waals surface area contributed by atoms with Crippen molar-refractivity contribution in [2.24, 2.45) is 0 Å². The molecule has 8 heteroatoms. The van der Waals surface area contributed by atoms with E-state index in [9.17, 15) is 0 Å². The highest BCUT2D eigenvalue weighted by Gasteiger charge is 2.10. The standard InChI is InChI=1S/2C16H14N4/c2*1-9-3-5-11(6-4-9)16-19-14-7-12-13(8-15(14)20-16)18-10(2)17-12/h2*3-8H,1-2H3,(H,17,18)(H,19,20). The van der Waals surface area contributed by atoms with E-state index in [1.807, 2.05) is 26.0 Å². The van der Waals surface area contributed by atoms with Crippen LogP contribution >= 0.6 is 0 Å². The summed E-state index contributed by atoms with van der Waals surface area (Å²) in [6, 6.07) is 24.9. The number of H-pyrrole nitrogens is 4. The molecule has 4 heterocycles. The Balaban J connectivity index is 0.000000132. The van der Waals surface area contributed by atoms with Crippen LogP contribution in [0.4, 0.5) is 0 Å². The van der Waals surface area contributed by atoms with E-state index >= 15 is 0 Å². The lowest BCUT2D eigenvalue weighted by atomic mass is 10.1. The van der Waals surface area contributed by atoms with Crippen molar-refractivity contribution in [2.75, 3.05) is 0 Å². The van der Waals surface area contributed by atoms with Gasteiger partial charge in [-0.25, -0.2) is 19.9 Å². The Labute approximate surface area is 230 Å². The van der Waals surface area contributed by atoms with Crippen LogP contribution in [0.15, 0.2) is 72.8 Å². The molecule has 0 saturated carbocycles. The molecular weight excluding hydrogens is 496 g/mol. The summed E-state index contributed by atoms with van der Waals surface area (Å²) in [5.41, 5.74) is 12.6. The normalized spacial score (nSPS) is 11.5. The zero-order chi connectivity index (χ0) is 27.4. The van der Waals surface area contributed by atoms with Crippen molar-refractivity contribution in [3.8, 4) is 22.8 Å². The molecule has 0 aliphatic heterocycles. The zero-order valence-electron chi connectivity index (χ0n) is 22.7. The predicted molar refractivity (Wildman–Crippen MR) is 161 cm³/mol. The van der Waals surface area contributed by atoms with E-state index in [1.54, 1.807) is 0 Å². The van der Waals surface area contributed by atoms with Crippen molar-refractivity contribution >= 4 is 44.1 Å². The smallest absolute Gasteiger partial charge is 0.138 e.